The summed E-state index contributed by atoms with van der Waals surface area (Å²) in [6.45, 7) is 11.0. The summed E-state index contributed by atoms with van der Waals surface area (Å²) in [6.07, 6.45) is 0. The molecule has 2 aromatic rings. The van der Waals surface area contributed by atoms with Crippen LogP contribution in [0.4, 0.5) is 0 Å². The van der Waals surface area contributed by atoms with Gasteiger partial charge in [-0.15, -0.1) is 12.4 Å². The summed E-state index contributed by atoms with van der Waals surface area (Å²) >= 11 is 0. The van der Waals surface area contributed by atoms with Crippen molar-refractivity contribution >= 4 is 12.4 Å². The zero-order valence-corrected chi connectivity index (χ0v) is 14.7. The maximum absolute atomic E-state index is 6.05. The molecule has 3 heteroatoms. The molecule has 0 unspecified atom stereocenters. The zero-order valence-electron chi connectivity index (χ0n) is 13.9. The molecule has 0 fully saturated rings. The van der Waals surface area contributed by atoms with Crippen molar-refractivity contribution in [1.29, 1.82) is 0 Å². The molecule has 0 saturated heterocycles. The fourth-order valence-corrected chi connectivity index (χ4v) is 2.60. The highest BCUT2D eigenvalue weighted by Gasteiger charge is 2.07. The van der Waals surface area contributed by atoms with Crippen molar-refractivity contribution in [2.75, 3.05) is 6.54 Å². The van der Waals surface area contributed by atoms with Crippen molar-refractivity contribution in [3.05, 3.63) is 64.2 Å². The number of halogens is 1. The number of nitrogens with one attached hydrogen (secondary N) is 1. The van der Waals surface area contributed by atoms with Crippen molar-refractivity contribution in [3.63, 3.8) is 0 Å². The molecular weight excluding hydrogens is 294 g/mol. The van der Waals surface area contributed by atoms with Crippen LogP contribution in [-0.2, 0) is 13.2 Å². The lowest BCUT2D eigenvalue weighted by atomic mass is 10.1. The maximum Gasteiger partial charge on any atom is 0.125 e. The number of benzene rings is 2. The minimum absolute atomic E-state index is 0. The Kier molecular flexibility index (Phi) is 7.43. The van der Waals surface area contributed by atoms with E-state index >= 15 is 0 Å². The molecule has 0 bridgehead atoms. The first-order valence-electron chi connectivity index (χ1n) is 7.59. The molecule has 0 spiro atoms. The van der Waals surface area contributed by atoms with Crippen LogP contribution < -0.4 is 10.1 Å². The van der Waals surface area contributed by atoms with Crippen LogP contribution >= 0.6 is 12.4 Å². The summed E-state index contributed by atoms with van der Waals surface area (Å²) in [6, 6.07) is 12.9. The lowest BCUT2D eigenvalue weighted by Gasteiger charge is -2.14. The van der Waals surface area contributed by atoms with Crippen molar-refractivity contribution in [2.24, 2.45) is 0 Å². The van der Waals surface area contributed by atoms with E-state index < -0.39 is 0 Å². The molecule has 0 radical (unpaired) electrons. The van der Waals surface area contributed by atoms with Gasteiger partial charge in [0, 0.05) is 6.54 Å². The summed E-state index contributed by atoms with van der Waals surface area (Å²) in [5, 5.41) is 3.36. The molecule has 0 amide bonds. The largest absolute Gasteiger partial charge is 0.488 e. The zero-order chi connectivity index (χ0) is 15.2. The van der Waals surface area contributed by atoms with Crippen LogP contribution in [0, 0.1) is 20.8 Å². The number of ether oxygens (including phenoxy) is 1. The molecule has 120 valence electrons. The third-order valence-corrected chi connectivity index (χ3v) is 3.56. The Bertz CT molecular complexity index is 587. The highest BCUT2D eigenvalue weighted by atomic mass is 35.5. The summed E-state index contributed by atoms with van der Waals surface area (Å²) < 4.78 is 6.05. The first kappa shape index (κ1) is 18.5. The SMILES string of the molecule is CCNCc1cc(C)c(OCc2cccc(C)c2)c(C)c1.Cl. The van der Waals surface area contributed by atoms with Crippen LogP contribution in [-0.4, -0.2) is 6.54 Å². The molecule has 2 rings (SSSR count). The topological polar surface area (TPSA) is 21.3 Å². The Morgan fingerprint density at radius 1 is 0.955 bits per heavy atom. The second-order valence-electron chi connectivity index (χ2n) is 5.62. The van der Waals surface area contributed by atoms with Gasteiger partial charge in [-0.3, -0.25) is 0 Å². The second-order valence-corrected chi connectivity index (χ2v) is 5.62. The van der Waals surface area contributed by atoms with E-state index in [1.165, 1.54) is 27.8 Å². The van der Waals surface area contributed by atoms with Gasteiger partial charge in [0.05, 0.1) is 0 Å². The quantitative estimate of drug-likeness (QED) is 0.831. The molecular formula is C19H26ClNO. The predicted octanol–water partition coefficient (Wildman–Crippen LogP) is 4.72. The third kappa shape index (κ3) is 5.04. The van der Waals surface area contributed by atoms with Gasteiger partial charge in [-0.25, -0.2) is 0 Å². The summed E-state index contributed by atoms with van der Waals surface area (Å²) in [5.41, 5.74) is 6.21. The molecule has 0 aromatic heterocycles. The van der Waals surface area contributed by atoms with Crippen molar-refractivity contribution in [3.8, 4) is 5.75 Å². The Hall–Kier alpha value is -1.51. The monoisotopic (exact) mass is 319 g/mol. The van der Waals surface area contributed by atoms with E-state index in [1.54, 1.807) is 0 Å². The Morgan fingerprint density at radius 3 is 2.23 bits per heavy atom. The van der Waals surface area contributed by atoms with Gasteiger partial charge in [0.1, 0.15) is 12.4 Å². The van der Waals surface area contributed by atoms with E-state index in [1.807, 2.05) is 0 Å². The van der Waals surface area contributed by atoms with Crippen molar-refractivity contribution < 1.29 is 4.74 Å². The summed E-state index contributed by atoms with van der Waals surface area (Å²) in [4.78, 5) is 0. The molecule has 0 heterocycles. The number of hydrogen-bond acceptors (Lipinski definition) is 2. The molecule has 0 saturated carbocycles. The van der Waals surface area contributed by atoms with Gasteiger partial charge in [0.15, 0.2) is 0 Å². The van der Waals surface area contributed by atoms with Crippen LogP contribution in [0.2, 0.25) is 0 Å². The smallest absolute Gasteiger partial charge is 0.125 e. The number of aryl methyl sites for hydroxylation is 3. The third-order valence-electron chi connectivity index (χ3n) is 3.56. The Balaban J connectivity index is 0.00000242. The van der Waals surface area contributed by atoms with E-state index in [2.05, 4.69) is 69.4 Å². The van der Waals surface area contributed by atoms with Crippen LogP contribution in [0.5, 0.6) is 5.75 Å². The van der Waals surface area contributed by atoms with Crippen molar-refractivity contribution in [1.82, 2.24) is 5.32 Å². The summed E-state index contributed by atoms with van der Waals surface area (Å²) in [7, 11) is 0. The molecule has 22 heavy (non-hydrogen) atoms. The average molecular weight is 320 g/mol. The van der Waals surface area contributed by atoms with E-state index in [0.717, 1.165) is 18.8 Å². The molecule has 2 nitrogen and oxygen atoms in total. The Labute approximate surface area is 140 Å². The van der Waals surface area contributed by atoms with Crippen LogP contribution in [0.25, 0.3) is 0 Å². The van der Waals surface area contributed by atoms with Gasteiger partial charge >= 0.3 is 0 Å². The molecule has 0 aliphatic rings. The van der Waals surface area contributed by atoms with Gasteiger partial charge in [-0.2, -0.15) is 0 Å². The van der Waals surface area contributed by atoms with Crippen LogP contribution in [0.3, 0.4) is 0 Å². The van der Waals surface area contributed by atoms with Crippen LogP contribution in [0.1, 0.15) is 34.7 Å². The first-order valence-corrected chi connectivity index (χ1v) is 7.59. The van der Waals surface area contributed by atoms with Crippen LogP contribution in [0.15, 0.2) is 36.4 Å². The second kappa shape index (κ2) is 8.82. The number of hydrogen-bond donors (Lipinski definition) is 1. The van der Waals surface area contributed by atoms with Gasteiger partial charge in [0.25, 0.3) is 0 Å². The molecule has 2 aromatic carbocycles. The fraction of sp³-hybridized carbons (Fsp3) is 0.368. The lowest BCUT2D eigenvalue weighted by molar-refractivity contribution is 0.302. The summed E-state index contributed by atoms with van der Waals surface area (Å²) in [5.74, 6) is 1.01. The minimum Gasteiger partial charge on any atom is -0.488 e. The van der Waals surface area contributed by atoms with Gasteiger partial charge in [0.2, 0.25) is 0 Å². The van der Waals surface area contributed by atoms with E-state index in [-0.39, 0.29) is 12.4 Å². The molecule has 1 N–H and O–H groups in total. The molecule has 0 aliphatic carbocycles. The average Bonchev–Trinajstić information content (AvgIpc) is 2.44. The molecule has 0 atom stereocenters. The fourth-order valence-electron chi connectivity index (χ4n) is 2.60. The van der Waals surface area contributed by atoms with E-state index in [4.69, 9.17) is 4.74 Å². The van der Waals surface area contributed by atoms with Gasteiger partial charge in [-0.1, -0.05) is 48.9 Å². The Morgan fingerprint density at radius 2 is 1.64 bits per heavy atom. The maximum atomic E-state index is 6.05. The van der Waals surface area contributed by atoms with Gasteiger partial charge < -0.3 is 10.1 Å². The minimum atomic E-state index is 0. The van der Waals surface area contributed by atoms with E-state index in [0.29, 0.717) is 6.61 Å². The number of rotatable bonds is 6. The highest BCUT2D eigenvalue weighted by molar-refractivity contribution is 5.85. The predicted molar refractivity (Wildman–Crippen MR) is 96.1 cm³/mol. The van der Waals surface area contributed by atoms with Gasteiger partial charge in [-0.05, 0) is 49.6 Å². The van der Waals surface area contributed by atoms with E-state index in [9.17, 15) is 0 Å². The standard InChI is InChI=1S/C19H25NO.ClH/c1-5-20-12-18-10-15(3)19(16(4)11-18)21-13-17-8-6-7-14(2)9-17;/h6-11,20H,5,12-13H2,1-4H3;1H. The highest BCUT2D eigenvalue weighted by Crippen LogP contribution is 2.26. The molecule has 0 aliphatic heterocycles. The van der Waals surface area contributed by atoms with Crippen molar-refractivity contribution in [2.45, 2.75) is 40.8 Å². The first-order chi connectivity index (χ1) is 10.1. The normalized spacial score (nSPS) is 10.2. The lowest BCUT2D eigenvalue weighted by Crippen LogP contribution is -2.12.